The third-order valence-electron chi connectivity index (χ3n) is 18.5. The van der Waals surface area contributed by atoms with E-state index in [9.17, 15) is 34.2 Å². The summed E-state index contributed by atoms with van der Waals surface area (Å²) in [5, 5.41) is 26.9. The van der Waals surface area contributed by atoms with Crippen LogP contribution in [0.5, 0.6) is 5.75 Å². The molecular formula is C59H86N2O12P+. The average molecular weight is 1050 g/mol. The fraction of sp³-hybridized carbons (Fsp3) is 0.678. The van der Waals surface area contributed by atoms with E-state index in [-0.39, 0.29) is 83.4 Å². The highest BCUT2D eigenvalue weighted by Crippen LogP contribution is 2.68. The molecule has 408 valence electrons. The van der Waals surface area contributed by atoms with Crippen molar-refractivity contribution in [2.75, 3.05) is 45.9 Å². The number of benzene rings is 2. The number of phosphoric acid groups is 1. The standard InChI is InChI=1S/C59H85N2O12P/c1-5-61(6-2,38-43-33-42(24-27-51(43)73-74(67,68)69)50(66)37-60-30-16-7-8-17-31-70-32-18-15-21-40-19-11-9-12-20-40)39-46(63)35-48(64)54-56-55(71-57(72-56)41-22-13-10-14-23-41)53-47-26-25-44-34-45(62)28-29-58(44,3)52(47)49(65)36-59(53,54)4/h9,11-12,19-20,24,27-29,33-34,41,47,49-50,52-57,60,65-66H,5-8,10,13-18,21-23,25-26,30-32,35-39H2,1-4H3,(H-,67,68,69)/p+1/t47?,49-,50?,52?,53?,54-,55?,56+,57+,58-,59-/m0/s1. The quantitative estimate of drug-likeness (QED) is 0.0246. The van der Waals surface area contributed by atoms with Crippen molar-refractivity contribution in [3.63, 3.8) is 0 Å². The van der Waals surface area contributed by atoms with E-state index in [0.717, 1.165) is 109 Å². The molecule has 74 heavy (non-hydrogen) atoms. The van der Waals surface area contributed by atoms with Crippen LogP contribution in [0.4, 0.5) is 0 Å². The Hall–Kier alpha value is -3.40. The van der Waals surface area contributed by atoms with E-state index in [0.29, 0.717) is 30.6 Å². The van der Waals surface area contributed by atoms with Gasteiger partial charge in [0.1, 0.15) is 24.6 Å². The zero-order chi connectivity index (χ0) is 52.7. The molecule has 11 atom stereocenters. The molecule has 5 aliphatic carbocycles. The first-order valence-corrected chi connectivity index (χ1v) is 29.7. The number of nitrogens with zero attached hydrogens (tertiary/aromatic N) is 1. The summed E-state index contributed by atoms with van der Waals surface area (Å²) in [5.74, 6) is -1.23. The lowest BCUT2D eigenvalue weighted by Gasteiger charge is -2.59. The number of ketones is 3. The third-order valence-corrected chi connectivity index (χ3v) is 18.9. The molecule has 2 aromatic carbocycles. The number of quaternary nitrogens is 1. The highest BCUT2D eigenvalue weighted by atomic mass is 31.2. The van der Waals surface area contributed by atoms with Gasteiger partial charge < -0.3 is 38.7 Å². The zero-order valence-corrected chi connectivity index (χ0v) is 45.4. The minimum Gasteiger partial charge on any atom is -0.404 e. The number of allylic oxidation sites excluding steroid dienone is 4. The van der Waals surface area contributed by atoms with Gasteiger partial charge in [-0.3, -0.25) is 24.2 Å². The van der Waals surface area contributed by atoms with Crippen molar-refractivity contribution in [1.82, 2.24) is 5.32 Å². The SMILES string of the molecule is CC[N+](CC)(CC(=O)CC(=O)[C@H]1[C@H]2O[C@H](C3CCCCC3)OC2C2C3CCC4=CC(=O)C=C[C@]4(C)C3[C@@H](O)C[C@@]21C)Cc1cc(C(O)CNCCCCCCOCCCCc2ccccc2)ccc1OP(=O)(O)O. The van der Waals surface area contributed by atoms with Crippen LogP contribution in [0, 0.1) is 40.4 Å². The van der Waals surface area contributed by atoms with E-state index in [2.05, 4.69) is 43.4 Å². The van der Waals surface area contributed by atoms with Crippen molar-refractivity contribution in [1.29, 1.82) is 0 Å². The average Bonchev–Trinajstić information content (AvgIpc) is 3.89. The normalized spacial score (nSPS) is 30.3. The number of aliphatic hydroxyl groups excluding tert-OH is 2. The molecule has 0 aromatic heterocycles. The van der Waals surface area contributed by atoms with Crippen LogP contribution in [0.15, 0.2) is 72.3 Å². The number of nitrogens with one attached hydrogen (secondary N) is 1. The number of Topliss-reactive ketones (excluding diaryl/α,β-unsaturated/α-hetero) is 2. The Morgan fingerprint density at radius 3 is 2.35 bits per heavy atom. The van der Waals surface area contributed by atoms with Crippen LogP contribution >= 0.6 is 7.82 Å². The van der Waals surface area contributed by atoms with Crippen LogP contribution in [0.3, 0.4) is 0 Å². The van der Waals surface area contributed by atoms with Gasteiger partial charge in [0.2, 0.25) is 0 Å². The number of aliphatic hydroxyl groups is 2. The molecule has 0 spiro atoms. The molecule has 14 nitrogen and oxygen atoms in total. The van der Waals surface area contributed by atoms with Crippen molar-refractivity contribution in [2.24, 2.45) is 40.4 Å². The van der Waals surface area contributed by atoms with Crippen LogP contribution in [-0.4, -0.2) is 112 Å². The molecule has 4 saturated carbocycles. The smallest absolute Gasteiger partial charge is 0.404 e. The van der Waals surface area contributed by atoms with Gasteiger partial charge in [0.25, 0.3) is 0 Å². The fourth-order valence-corrected chi connectivity index (χ4v) is 15.1. The molecule has 0 radical (unpaired) electrons. The summed E-state index contributed by atoms with van der Waals surface area (Å²) in [6, 6.07) is 15.3. The number of rotatable bonds is 27. The Balaban J connectivity index is 0.892. The number of likely N-dealkylation sites (N-methyl/N-ethyl adjacent to an activating group) is 1. The molecular weight excluding hydrogens is 960 g/mol. The molecule has 0 bridgehead atoms. The minimum absolute atomic E-state index is 0.00411. The lowest BCUT2D eigenvalue weighted by molar-refractivity contribution is -0.930. The Morgan fingerprint density at radius 1 is 0.905 bits per heavy atom. The van der Waals surface area contributed by atoms with Crippen molar-refractivity contribution in [3.8, 4) is 5.75 Å². The number of unbranched alkanes of at least 4 members (excludes halogenated alkanes) is 4. The lowest BCUT2D eigenvalue weighted by Crippen LogP contribution is -2.58. The monoisotopic (exact) mass is 1050 g/mol. The summed E-state index contributed by atoms with van der Waals surface area (Å²) < 4.78 is 37.4. The van der Waals surface area contributed by atoms with E-state index >= 15 is 4.79 Å². The molecule has 1 saturated heterocycles. The number of aryl methyl sites for hydroxylation is 1. The molecule has 0 amide bonds. The number of carbonyl (C=O) groups is 3. The van der Waals surface area contributed by atoms with Gasteiger partial charge >= 0.3 is 7.82 Å². The summed E-state index contributed by atoms with van der Waals surface area (Å²) in [6.07, 6.45) is 16.5. The van der Waals surface area contributed by atoms with Crippen LogP contribution in [0.2, 0.25) is 0 Å². The maximum absolute atomic E-state index is 15.1. The van der Waals surface area contributed by atoms with E-state index in [1.54, 1.807) is 24.3 Å². The second-order valence-corrected chi connectivity index (χ2v) is 24.4. The molecule has 1 heterocycles. The zero-order valence-electron chi connectivity index (χ0n) is 44.5. The van der Waals surface area contributed by atoms with Gasteiger partial charge in [-0.25, -0.2) is 4.57 Å². The van der Waals surface area contributed by atoms with Gasteiger partial charge in [0.15, 0.2) is 17.9 Å². The van der Waals surface area contributed by atoms with Crippen LogP contribution in [0.1, 0.15) is 147 Å². The number of hydrogen-bond donors (Lipinski definition) is 5. The first-order valence-electron chi connectivity index (χ1n) is 28.2. The Labute approximate surface area is 439 Å². The summed E-state index contributed by atoms with van der Waals surface area (Å²) in [6.45, 7) is 11.8. The van der Waals surface area contributed by atoms with E-state index in [1.165, 1.54) is 18.1 Å². The van der Waals surface area contributed by atoms with Gasteiger partial charge in [0.05, 0.1) is 49.8 Å². The van der Waals surface area contributed by atoms with E-state index in [1.807, 2.05) is 26.0 Å². The molecule has 15 heteroatoms. The van der Waals surface area contributed by atoms with Crippen molar-refractivity contribution < 1.29 is 62.2 Å². The number of hydrogen-bond acceptors (Lipinski definition) is 11. The molecule has 6 aliphatic rings. The van der Waals surface area contributed by atoms with Gasteiger partial charge in [-0.2, -0.15) is 0 Å². The highest BCUT2D eigenvalue weighted by molar-refractivity contribution is 7.46. The minimum atomic E-state index is -4.98. The van der Waals surface area contributed by atoms with Crippen molar-refractivity contribution in [2.45, 2.75) is 168 Å². The van der Waals surface area contributed by atoms with Crippen molar-refractivity contribution >= 4 is 25.2 Å². The maximum atomic E-state index is 15.1. The Bertz CT molecular complexity index is 2340. The molecule has 1 aliphatic heterocycles. The third kappa shape index (κ3) is 13.1. The first-order chi connectivity index (χ1) is 35.5. The summed E-state index contributed by atoms with van der Waals surface area (Å²) in [5.41, 5.74) is 2.19. The molecule has 5 fully saturated rings. The fourth-order valence-electron chi connectivity index (χ4n) is 14.6. The second kappa shape index (κ2) is 24.9. The van der Waals surface area contributed by atoms with E-state index < -0.39 is 49.2 Å². The number of phosphoric ester groups is 1. The van der Waals surface area contributed by atoms with Gasteiger partial charge in [0, 0.05) is 42.6 Å². The summed E-state index contributed by atoms with van der Waals surface area (Å²) in [4.78, 5) is 62.0. The largest absolute Gasteiger partial charge is 0.524 e. The summed E-state index contributed by atoms with van der Waals surface area (Å²) in [7, 11) is -4.98. The van der Waals surface area contributed by atoms with Crippen LogP contribution in [-0.2, 0) is 46.1 Å². The molecule has 5 unspecified atom stereocenters. The van der Waals surface area contributed by atoms with Crippen LogP contribution < -0.4 is 9.84 Å². The van der Waals surface area contributed by atoms with Gasteiger partial charge in [-0.1, -0.05) is 94.0 Å². The molecule has 8 rings (SSSR count). The predicted molar refractivity (Wildman–Crippen MR) is 283 cm³/mol. The first kappa shape index (κ1) is 56.8. The molecule has 5 N–H and O–H groups in total. The number of carbonyl (C=O) groups excluding carboxylic acids is 3. The Morgan fingerprint density at radius 2 is 1.62 bits per heavy atom. The predicted octanol–water partition coefficient (Wildman–Crippen LogP) is 9.07. The van der Waals surface area contributed by atoms with Gasteiger partial charge in [-0.15, -0.1) is 0 Å². The van der Waals surface area contributed by atoms with E-state index in [4.69, 9.17) is 18.7 Å². The second-order valence-electron chi connectivity index (χ2n) is 23.3. The Kier molecular flexibility index (Phi) is 19.1. The number of ether oxygens (including phenoxy) is 3. The molecule has 2 aromatic rings. The topological polar surface area (TPSA) is 198 Å². The van der Waals surface area contributed by atoms with Crippen molar-refractivity contribution in [3.05, 3.63) is 89.0 Å². The number of fused-ring (bicyclic) bond motifs is 7. The highest BCUT2D eigenvalue weighted by Gasteiger charge is 2.71. The van der Waals surface area contributed by atoms with Gasteiger partial charge in [-0.05, 0) is 137 Å². The maximum Gasteiger partial charge on any atom is 0.524 e. The summed E-state index contributed by atoms with van der Waals surface area (Å²) >= 11 is 0. The lowest BCUT2D eigenvalue weighted by atomic mass is 9.46. The van der Waals surface area contributed by atoms with Crippen LogP contribution in [0.25, 0.3) is 0 Å².